The van der Waals surface area contributed by atoms with Crippen LogP contribution in [-0.2, 0) is 0 Å². The predicted molar refractivity (Wildman–Crippen MR) is 90.5 cm³/mol. The molecule has 2 aromatic rings. The van der Waals surface area contributed by atoms with Gasteiger partial charge in [-0.1, -0.05) is 89.7 Å². The molecule has 1 atom stereocenters. The SMILES string of the molecule is O=c1c(Cl)nsnc1OC(c1ccccc1)C(Br)(Br)Br. The van der Waals surface area contributed by atoms with Crippen LogP contribution in [0.3, 0.4) is 0 Å². The van der Waals surface area contributed by atoms with Crippen molar-refractivity contribution in [1.29, 1.82) is 0 Å². The molecule has 20 heavy (non-hydrogen) atoms. The van der Waals surface area contributed by atoms with Crippen LogP contribution < -0.4 is 10.2 Å². The normalized spacial score (nSPS) is 13.0. The van der Waals surface area contributed by atoms with E-state index in [1.165, 1.54) is 0 Å². The van der Waals surface area contributed by atoms with E-state index < -0.39 is 13.7 Å². The van der Waals surface area contributed by atoms with Gasteiger partial charge in [-0.2, -0.15) is 4.37 Å². The van der Waals surface area contributed by atoms with Crippen molar-refractivity contribution >= 4 is 71.1 Å². The van der Waals surface area contributed by atoms with E-state index in [9.17, 15) is 4.79 Å². The van der Waals surface area contributed by atoms with Crippen LogP contribution in [0, 0.1) is 0 Å². The van der Waals surface area contributed by atoms with Crippen LogP contribution in [0.4, 0.5) is 0 Å². The molecule has 1 aromatic heterocycles. The van der Waals surface area contributed by atoms with Crippen LogP contribution in [0.2, 0.25) is 5.15 Å². The summed E-state index contributed by atoms with van der Waals surface area (Å²) in [7, 11) is 0. The van der Waals surface area contributed by atoms with Crippen LogP contribution in [-0.4, -0.2) is 10.9 Å². The Balaban J connectivity index is 2.40. The number of benzene rings is 1. The van der Waals surface area contributed by atoms with E-state index in [1.807, 2.05) is 30.3 Å². The number of ether oxygens (including phenoxy) is 1. The maximum Gasteiger partial charge on any atom is 0.279 e. The molecule has 0 fully saturated rings. The predicted octanol–water partition coefficient (Wildman–Crippen LogP) is 4.51. The zero-order chi connectivity index (χ0) is 14.8. The van der Waals surface area contributed by atoms with E-state index in [-0.39, 0.29) is 11.0 Å². The lowest BCUT2D eigenvalue weighted by Gasteiger charge is -2.25. The minimum atomic E-state index is -0.761. The second-order valence-corrected chi connectivity index (χ2v) is 11.5. The monoisotopic (exact) mass is 502 g/mol. The molecule has 1 unspecified atom stereocenters. The molecule has 0 saturated heterocycles. The summed E-state index contributed by atoms with van der Waals surface area (Å²) in [6.45, 7) is 0. The summed E-state index contributed by atoms with van der Waals surface area (Å²) >= 11 is 16.8. The minimum absolute atomic E-state index is 0.0911. The molecule has 1 heterocycles. The van der Waals surface area contributed by atoms with Gasteiger partial charge in [0, 0.05) is 0 Å². The van der Waals surface area contributed by atoms with Crippen molar-refractivity contribution < 1.29 is 4.74 Å². The number of alkyl halides is 3. The first-order valence-electron chi connectivity index (χ1n) is 5.20. The lowest BCUT2D eigenvalue weighted by molar-refractivity contribution is 0.211. The molecule has 106 valence electrons. The summed E-state index contributed by atoms with van der Waals surface area (Å²) in [6.07, 6.45) is -0.547. The smallest absolute Gasteiger partial charge is 0.279 e. The van der Waals surface area contributed by atoms with E-state index in [1.54, 1.807) is 0 Å². The fourth-order valence-electron chi connectivity index (χ4n) is 1.40. The van der Waals surface area contributed by atoms with Crippen molar-refractivity contribution in [3.8, 4) is 5.88 Å². The summed E-state index contributed by atoms with van der Waals surface area (Å²) in [5, 5.41) is -0.156. The third kappa shape index (κ3) is 4.00. The van der Waals surface area contributed by atoms with Crippen molar-refractivity contribution in [2.24, 2.45) is 0 Å². The molecular formula is C11H6Br3ClN2O2S. The third-order valence-corrected chi connectivity index (χ3v) is 4.37. The highest BCUT2D eigenvalue weighted by Crippen LogP contribution is 2.46. The first-order valence-corrected chi connectivity index (χ1v) is 8.69. The molecule has 0 aliphatic heterocycles. The summed E-state index contributed by atoms with van der Waals surface area (Å²) < 4.78 is 12.5. The molecule has 4 nitrogen and oxygen atoms in total. The van der Waals surface area contributed by atoms with E-state index in [4.69, 9.17) is 16.3 Å². The zero-order valence-electron chi connectivity index (χ0n) is 9.60. The Morgan fingerprint density at radius 2 is 1.85 bits per heavy atom. The summed E-state index contributed by atoms with van der Waals surface area (Å²) in [5.74, 6) is -0.0911. The van der Waals surface area contributed by atoms with Gasteiger partial charge in [0.05, 0.1) is 11.7 Å². The number of halogens is 4. The quantitative estimate of drug-likeness (QED) is 0.577. The highest BCUT2D eigenvalue weighted by Gasteiger charge is 2.35. The highest BCUT2D eigenvalue weighted by molar-refractivity contribution is 9.39. The number of nitrogens with zero attached hydrogens (tertiary/aromatic N) is 2. The Kier molecular flexibility index (Phi) is 5.58. The zero-order valence-corrected chi connectivity index (χ0v) is 15.9. The number of rotatable bonds is 3. The van der Waals surface area contributed by atoms with Crippen molar-refractivity contribution in [2.75, 3.05) is 0 Å². The lowest BCUT2D eigenvalue weighted by Crippen LogP contribution is -2.24. The molecule has 0 amide bonds. The number of hydrogen-bond donors (Lipinski definition) is 0. The summed E-state index contributed by atoms with van der Waals surface area (Å²) in [6, 6.07) is 9.39. The van der Waals surface area contributed by atoms with E-state index >= 15 is 0 Å². The fraction of sp³-hybridized carbons (Fsp3) is 0.182. The van der Waals surface area contributed by atoms with Gasteiger partial charge in [-0.3, -0.25) is 4.79 Å². The molecule has 9 heteroatoms. The summed E-state index contributed by atoms with van der Waals surface area (Å²) in [5.41, 5.74) is 0.306. The van der Waals surface area contributed by atoms with Crippen molar-refractivity contribution in [3.63, 3.8) is 0 Å². The van der Waals surface area contributed by atoms with Crippen LogP contribution in [0.1, 0.15) is 11.7 Å². The molecule has 2 rings (SSSR count). The Labute approximate surface area is 149 Å². The Hall–Kier alpha value is -0.0200. The average molecular weight is 505 g/mol. The van der Waals surface area contributed by atoms with Gasteiger partial charge in [-0.05, 0) is 5.56 Å². The maximum atomic E-state index is 11.8. The van der Waals surface area contributed by atoms with Gasteiger partial charge < -0.3 is 4.74 Å². The van der Waals surface area contributed by atoms with Crippen molar-refractivity contribution in [1.82, 2.24) is 8.75 Å². The summed E-state index contributed by atoms with van der Waals surface area (Å²) in [4.78, 5) is 11.8. The first-order chi connectivity index (χ1) is 9.39. The molecule has 0 aliphatic carbocycles. The second-order valence-electron chi connectivity index (χ2n) is 3.64. The van der Waals surface area contributed by atoms with E-state index in [0.717, 1.165) is 17.3 Å². The molecule has 0 N–H and O–H groups in total. The minimum Gasteiger partial charge on any atom is -0.463 e. The largest absolute Gasteiger partial charge is 0.463 e. The van der Waals surface area contributed by atoms with E-state index in [2.05, 4.69) is 56.5 Å². The standard InChI is InChI=1S/C11H6Br3ClN2O2S/c12-11(13,14)8(6-4-2-1-3-5-6)19-10-7(18)9(15)16-20-17-10/h1-5,8H. The van der Waals surface area contributed by atoms with Crippen LogP contribution >= 0.6 is 71.1 Å². The van der Waals surface area contributed by atoms with Crippen molar-refractivity contribution in [2.45, 2.75) is 8.25 Å². The van der Waals surface area contributed by atoms with Gasteiger partial charge in [0.1, 0.15) is 0 Å². The molecular weight excluding hydrogens is 499 g/mol. The van der Waals surface area contributed by atoms with Crippen LogP contribution in [0.25, 0.3) is 0 Å². The van der Waals surface area contributed by atoms with Gasteiger partial charge in [0.2, 0.25) is 0 Å². The average Bonchev–Trinajstić information content (AvgIpc) is 2.40. The number of aromatic nitrogens is 2. The first kappa shape index (κ1) is 16.4. The Morgan fingerprint density at radius 3 is 2.45 bits per heavy atom. The van der Waals surface area contributed by atoms with Crippen molar-refractivity contribution in [3.05, 3.63) is 51.3 Å². The molecule has 0 bridgehead atoms. The van der Waals surface area contributed by atoms with Gasteiger partial charge in [0.25, 0.3) is 11.3 Å². The number of hydrogen-bond acceptors (Lipinski definition) is 5. The molecule has 0 saturated carbocycles. The topological polar surface area (TPSA) is 52.1 Å². The van der Waals surface area contributed by atoms with E-state index in [0.29, 0.717) is 0 Å². The molecule has 1 aromatic carbocycles. The second kappa shape index (κ2) is 6.83. The Morgan fingerprint density at radius 1 is 1.20 bits per heavy atom. The Bertz CT molecular complexity index is 648. The molecule has 0 aliphatic rings. The third-order valence-electron chi connectivity index (χ3n) is 2.26. The van der Waals surface area contributed by atoms with Gasteiger partial charge in [-0.25, -0.2) is 0 Å². The van der Waals surface area contributed by atoms with Crippen LogP contribution in [0.5, 0.6) is 5.88 Å². The van der Waals surface area contributed by atoms with Crippen LogP contribution in [0.15, 0.2) is 35.1 Å². The lowest BCUT2D eigenvalue weighted by atomic mass is 10.1. The van der Waals surface area contributed by atoms with Gasteiger partial charge in [-0.15, -0.1) is 4.37 Å². The fourth-order valence-corrected chi connectivity index (χ4v) is 3.05. The maximum absolute atomic E-state index is 11.8. The molecule has 0 radical (unpaired) electrons. The van der Waals surface area contributed by atoms with Gasteiger partial charge in [0.15, 0.2) is 13.4 Å². The van der Waals surface area contributed by atoms with Gasteiger partial charge >= 0.3 is 0 Å². The molecule has 0 spiro atoms. The highest BCUT2D eigenvalue weighted by atomic mass is 80.0.